The van der Waals surface area contributed by atoms with Gasteiger partial charge in [-0.15, -0.1) is 12.6 Å². The van der Waals surface area contributed by atoms with Crippen LogP contribution in [0.1, 0.15) is 10.4 Å². The van der Waals surface area contributed by atoms with E-state index in [0.29, 0.717) is 5.75 Å². The molecule has 2 unspecified atom stereocenters. The summed E-state index contributed by atoms with van der Waals surface area (Å²) in [7, 11) is 3.67. The highest BCUT2D eigenvalue weighted by atomic mass is 32.1. The first-order valence-electron chi connectivity index (χ1n) is 4.06. The van der Waals surface area contributed by atoms with Crippen molar-refractivity contribution in [3.63, 3.8) is 0 Å². The number of esters is 1. The quantitative estimate of drug-likeness (QED) is 0.368. The van der Waals surface area contributed by atoms with Crippen molar-refractivity contribution >= 4 is 27.8 Å². The van der Waals surface area contributed by atoms with Gasteiger partial charge in [0, 0.05) is 6.07 Å². The second-order valence-electron chi connectivity index (χ2n) is 2.68. The molecule has 1 aromatic rings. The number of rotatable bonds is 3. The molecule has 1 aromatic carbocycles. The van der Waals surface area contributed by atoms with Crippen LogP contribution >= 0.6 is 21.9 Å². The van der Waals surface area contributed by atoms with Gasteiger partial charge in [-0.1, -0.05) is 9.24 Å². The summed E-state index contributed by atoms with van der Waals surface area (Å²) in [5, 5.41) is 8.90. The number of hydrogen-bond acceptors (Lipinski definition) is 5. The van der Waals surface area contributed by atoms with Gasteiger partial charge in [0.1, 0.15) is 17.1 Å². The van der Waals surface area contributed by atoms with E-state index in [9.17, 15) is 9.90 Å². The molecule has 0 radical (unpaired) electrons. The summed E-state index contributed by atoms with van der Waals surface area (Å²) in [6.45, 7) is 0. The van der Waals surface area contributed by atoms with Crippen LogP contribution in [-0.4, -0.2) is 23.4 Å². The maximum absolute atomic E-state index is 11.4. The highest BCUT2D eigenvalue weighted by Gasteiger charge is 2.14. The highest BCUT2D eigenvalue weighted by molar-refractivity contribution is 7.85. The Hall–Kier alpha value is -0.930. The maximum atomic E-state index is 11.4. The van der Waals surface area contributed by atoms with Gasteiger partial charge in [-0.25, -0.2) is 4.79 Å². The molecule has 1 rings (SSSR count). The zero-order valence-corrected chi connectivity index (χ0v) is 10.1. The Balaban J connectivity index is 2.90. The first-order valence-corrected chi connectivity index (χ1v) is 5.24. The van der Waals surface area contributed by atoms with Crippen LogP contribution in [0.5, 0.6) is 11.5 Å². The molecule has 0 aliphatic heterocycles. The number of hydrogen-bond donors (Lipinski definition) is 2. The summed E-state index contributed by atoms with van der Waals surface area (Å²) in [6.07, 6.45) is 0. The second-order valence-corrected chi connectivity index (χ2v) is 4.35. The third-order valence-corrected chi connectivity index (χ3v) is 1.89. The van der Waals surface area contributed by atoms with E-state index in [1.807, 2.05) is 0 Å². The fraction of sp³-hybridized carbons (Fsp3) is 0.222. The summed E-state index contributed by atoms with van der Waals surface area (Å²) in [5.41, 5.74) is 0.0808. The monoisotopic (exact) mass is 246 g/mol. The molecule has 0 heterocycles. The third kappa shape index (κ3) is 3.29. The average Bonchev–Trinajstić information content (AvgIpc) is 2.16. The Kier molecular flexibility index (Phi) is 4.24. The van der Waals surface area contributed by atoms with Gasteiger partial charge in [0.05, 0.1) is 7.11 Å². The number of carbonyl (C=O) groups excluding carboxylic acids is 1. The van der Waals surface area contributed by atoms with E-state index in [-0.39, 0.29) is 11.3 Å². The summed E-state index contributed by atoms with van der Waals surface area (Å²) in [5.74, 6) is -0.346. The number of thiol groups is 1. The summed E-state index contributed by atoms with van der Waals surface area (Å²) >= 11 is 3.87. The van der Waals surface area contributed by atoms with Gasteiger partial charge < -0.3 is 14.6 Å². The lowest BCUT2D eigenvalue weighted by atomic mass is 10.2. The van der Waals surface area contributed by atoms with E-state index >= 15 is 0 Å². The Morgan fingerprint density at radius 2 is 2.27 bits per heavy atom. The van der Waals surface area contributed by atoms with Crippen LogP contribution in [0.2, 0.25) is 0 Å². The van der Waals surface area contributed by atoms with Crippen molar-refractivity contribution in [2.45, 2.75) is 5.18 Å². The van der Waals surface area contributed by atoms with Crippen molar-refractivity contribution < 1.29 is 19.4 Å². The molecule has 0 fully saturated rings. The van der Waals surface area contributed by atoms with Crippen molar-refractivity contribution in [1.82, 2.24) is 0 Å². The van der Waals surface area contributed by atoms with Crippen LogP contribution in [0.25, 0.3) is 0 Å². The van der Waals surface area contributed by atoms with Gasteiger partial charge in [0.15, 0.2) is 5.18 Å². The fourth-order valence-electron chi connectivity index (χ4n) is 0.984. The summed E-state index contributed by atoms with van der Waals surface area (Å²) < 4.78 is 9.66. The van der Waals surface area contributed by atoms with E-state index in [0.717, 1.165) is 0 Å². The molecule has 0 aliphatic rings. The lowest BCUT2D eigenvalue weighted by Crippen LogP contribution is -2.08. The van der Waals surface area contributed by atoms with Crippen molar-refractivity contribution in [3.05, 3.63) is 23.8 Å². The molecule has 2 atom stereocenters. The lowest BCUT2D eigenvalue weighted by molar-refractivity contribution is 0.0547. The Morgan fingerprint density at radius 1 is 1.60 bits per heavy atom. The normalized spacial score (nSPS) is 11.9. The number of methoxy groups -OCH3 is 1. The van der Waals surface area contributed by atoms with E-state index in [1.165, 1.54) is 19.2 Å². The molecule has 0 aliphatic carbocycles. The molecule has 0 amide bonds. The van der Waals surface area contributed by atoms with Gasteiger partial charge >= 0.3 is 5.97 Å². The van der Waals surface area contributed by atoms with Crippen LogP contribution in [-0.2, 0) is 4.74 Å². The molecule has 0 bridgehead atoms. The number of phenols is 1. The van der Waals surface area contributed by atoms with Crippen LogP contribution < -0.4 is 4.74 Å². The molecule has 0 saturated carbocycles. The first kappa shape index (κ1) is 12.1. The van der Waals surface area contributed by atoms with Crippen molar-refractivity contribution in [2.24, 2.45) is 0 Å². The fourth-order valence-corrected chi connectivity index (χ4v) is 1.20. The van der Waals surface area contributed by atoms with Crippen molar-refractivity contribution in [1.29, 1.82) is 0 Å². The van der Waals surface area contributed by atoms with Crippen LogP contribution in [0.15, 0.2) is 18.2 Å². The van der Waals surface area contributed by atoms with Crippen molar-refractivity contribution in [2.75, 3.05) is 7.11 Å². The topological polar surface area (TPSA) is 55.8 Å². The molecular formula is C9H11O4PS. The summed E-state index contributed by atoms with van der Waals surface area (Å²) in [6, 6.07) is 4.33. The number of ether oxygens (including phenoxy) is 2. The smallest absolute Gasteiger partial charge is 0.343 e. The third-order valence-electron chi connectivity index (χ3n) is 1.65. The predicted octanol–water partition coefficient (Wildman–Crippen LogP) is 1.65. The first-order chi connectivity index (χ1) is 7.04. The summed E-state index contributed by atoms with van der Waals surface area (Å²) in [4.78, 5) is 11.4. The minimum absolute atomic E-state index is 0.0808. The van der Waals surface area contributed by atoms with E-state index in [2.05, 4.69) is 21.9 Å². The molecule has 0 spiro atoms. The molecule has 1 N–H and O–H groups in total. The SMILES string of the molecule is COc1ccc(C(=O)OC(P)S)c(O)c1. The molecule has 4 nitrogen and oxygen atoms in total. The van der Waals surface area contributed by atoms with E-state index in [1.54, 1.807) is 6.07 Å². The Bertz CT molecular complexity index is 367. The van der Waals surface area contributed by atoms with Crippen LogP contribution in [0.4, 0.5) is 0 Å². The number of benzene rings is 1. The maximum Gasteiger partial charge on any atom is 0.343 e. The van der Waals surface area contributed by atoms with Crippen LogP contribution in [0.3, 0.4) is 0 Å². The highest BCUT2D eigenvalue weighted by Crippen LogP contribution is 2.24. The Morgan fingerprint density at radius 3 is 2.73 bits per heavy atom. The minimum atomic E-state index is -0.634. The van der Waals surface area contributed by atoms with Gasteiger partial charge in [-0.05, 0) is 12.1 Å². The van der Waals surface area contributed by atoms with Gasteiger partial charge in [0.2, 0.25) is 0 Å². The predicted molar refractivity (Wildman–Crippen MR) is 62.6 cm³/mol. The van der Waals surface area contributed by atoms with Gasteiger partial charge in [-0.3, -0.25) is 0 Å². The van der Waals surface area contributed by atoms with Gasteiger partial charge in [-0.2, -0.15) is 0 Å². The van der Waals surface area contributed by atoms with E-state index < -0.39 is 11.1 Å². The second kappa shape index (κ2) is 5.24. The van der Waals surface area contributed by atoms with Crippen molar-refractivity contribution in [3.8, 4) is 11.5 Å². The van der Waals surface area contributed by atoms with Gasteiger partial charge in [0.25, 0.3) is 0 Å². The van der Waals surface area contributed by atoms with Crippen LogP contribution in [0, 0.1) is 0 Å². The number of aromatic hydroxyl groups is 1. The minimum Gasteiger partial charge on any atom is -0.507 e. The molecular weight excluding hydrogens is 235 g/mol. The molecule has 0 saturated heterocycles. The zero-order chi connectivity index (χ0) is 11.4. The number of phenolic OH excluding ortho intramolecular Hbond substituents is 1. The molecule has 6 heteroatoms. The molecule has 0 aromatic heterocycles. The molecule has 82 valence electrons. The Labute approximate surface area is 95.2 Å². The largest absolute Gasteiger partial charge is 0.507 e. The standard InChI is InChI=1S/C9H11O4PS/c1-12-5-2-3-6(7(10)4-5)8(11)13-9(14)15/h2-4,9-10,15H,14H2,1H3. The molecule has 15 heavy (non-hydrogen) atoms. The average molecular weight is 246 g/mol. The zero-order valence-electron chi connectivity index (χ0n) is 8.01. The van der Waals surface area contributed by atoms with E-state index in [4.69, 9.17) is 9.47 Å². The lowest BCUT2D eigenvalue weighted by Gasteiger charge is -2.09. The number of carbonyl (C=O) groups is 1.